The molecule has 0 spiro atoms. The zero-order valence-electron chi connectivity index (χ0n) is 21.0. The molecule has 3 amide bonds. The molecule has 40 heavy (non-hydrogen) atoms. The lowest BCUT2D eigenvalue weighted by atomic mass is 10.0. The summed E-state index contributed by atoms with van der Waals surface area (Å²) >= 11 is 0. The van der Waals surface area contributed by atoms with Crippen LogP contribution in [-0.2, 0) is 24.3 Å². The van der Waals surface area contributed by atoms with Crippen molar-refractivity contribution < 1.29 is 42.0 Å². The SMILES string of the molecule is O=C(O)CC(NC(=O)C1N(C(=O)N2CCOCC2)CCN1S(=O)(=O)c1ccc(F)cc1)c1cccc([N+](=O)[O-])c1. The Morgan fingerprint density at radius 2 is 1.77 bits per heavy atom. The number of nitrogens with zero attached hydrogens (tertiary/aromatic N) is 4. The van der Waals surface area contributed by atoms with Crippen LogP contribution in [0.25, 0.3) is 0 Å². The highest BCUT2D eigenvalue weighted by Gasteiger charge is 2.48. The molecule has 2 unspecified atom stereocenters. The Morgan fingerprint density at radius 3 is 2.40 bits per heavy atom. The van der Waals surface area contributed by atoms with Crippen LogP contribution in [0.5, 0.6) is 0 Å². The summed E-state index contributed by atoms with van der Waals surface area (Å²) in [6, 6.07) is 7.05. The number of non-ortho nitro benzene ring substituents is 1. The maximum absolute atomic E-state index is 13.7. The van der Waals surface area contributed by atoms with Gasteiger partial charge in [0.05, 0.1) is 35.5 Å². The first-order valence-corrected chi connectivity index (χ1v) is 13.6. The van der Waals surface area contributed by atoms with Gasteiger partial charge in [0.2, 0.25) is 10.0 Å². The van der Waals surface area contributed by atoms with Crippen LogP contribution in [0.15, 0.2) is 53.4 Å². The van der Waals surface area contributed by atoms with Crippen LogP contribution in [0, 0.1) is 15.9 Å². The van der Waals surface area contributed by atoms with E-state index in [0.717, 1.165) is 39.5 Å². The summed E-state index contributed by atoms with van der Waals surface area (Å²) in [5.41, 5.74) is -0.241. The Hall–Kier alpha value is -4.15. The fourth-order valence-electron chi connectivity index (χ4n) is 4.54. The van der Waals surface area contributed by atoms with Crippen LogP contribution in [0.4, 0.5) is 14.9 Å². The molecule has 0 bridgehead atoms. The predicted octanol–water partition coefficient (Wildman–Crippen LogP) is 1.15. The number of ether oxygens (including phenoxy) is 1. The van der Waals surface area contributed by atoms with Crippen molar-refractivity contribution in [3.8, 4) is 0 Å². The molecular weight excluding hydrogens is 553 g/mol. The second-order valence-electron chi connectivity index (χ2n) is 9.03. The number of aliphatic carboxylic acids is 1. The molecule has 16 heteroatoms. The van der Waals surface area contributed by atoms with Gasteiger partial charge >= 0.3 is 12.0 Å². The van der Waals surface area contributed by atoms with Gasteiger partial charge in [0.15, 0.2) is 6.17 Å². The molecule has 2 saturated heterocycles. The number of morpholine rings is 1. The minimum absolute atomic E-state index is 0.0990. The van der Waals surface area contributed by atoms with Crippen molar-refractivity contribution in [2.45, 2.75) is 23.5 Å². The number of nitrogens with one attached hydrogen (secondary N) is 1. The van der Waals surface area contributed by atoms with Gasteiger partial charge in [-0.15, -0.1) is 0 Å². The Labute approximate surface area is 228 Å². The lowest BCUT2D eigenvalue weighted by molar-refractivity contribution is -0.384. The van der Waals surface area contributed by atoms with Crippen molar-refractivity contribution >= 4 is 33.6 Å². The van der Waals surface area contributed by atoms with Gasteiger partial charge in [-0.3, -0.25) is 24.6 Å². The van der Waals surface area contributed by atoms with E-state index in [0.29, 0.717) is 0 Å². The molecule has 14 nitrogen and oxygen atoms in total. The smallest absolute Gasteiger partial charge is 0.321 e. The molecular formula is C24H26FN5O9S. The maximum atomic E-state index is 13.7. The van der Waals surface area contributed by atoms with Crippen LogP contribution < -0.4 is 5.32 Å². The zero-order chi connectivity index (χ0) is 29.0. The summed E-state index contributed by atoms with van der Waals surface area (Å²) in [6.07, 6.45) is -2.40. The molecule has 0 aliphatic carbocycles. The number of carbonyl (C=O) groups excluding carboxylic acids is 2. The van der Waals surface area contributed by atoms with Crippen LogP contribution in [0.3, 0.4) is 0 Å². The number of benzene rings is 2. The van der Waals surface area contributed by atoms with Crippen molar-refractivity contribution in [3.05, 3.63) is 70.0 Å². The van der Waals surface area contributed by atoms with E-state index in [1.54, 1.807) is 0 Å². The van der Waals surface area contributed by atoms with Crippen LogP contribution in [0.2, 0.25) is 0 Å². The van der Waals surface area contributed by atoms with Crippen LogP contribution in [-0.4, -0.2) is 96.0 Å². The Kier molecular flexibility index (Phi) is 8.61. The molecule has 2 aromatic carbocycles. The Bertz CT molecular complexity index is 1400. The molecule has 0 aromatic heterocycles. The first-order valence-electron chi connectivity index (χ1n) is 12.2. The van der Waals surface area contributed by atoms with Crippen molar-refractivity contribution in [2.75, 3.05) is 39.4 Å². The topological polar surface area (TPSA) is 180 Å². The molecule has 2 atom stereocenters. The summed E-state index contributed by atoms with van der Waals surface area (Å²) < 4.78 is 46.6. The van der Waals surface area contributed by atoms with Crippen LogP contribution in [0.1, 0.15) is 18.0 Å². The van der Waals surface area contributed by atoms with E-state index >= 15 is 0 Å². The fourth-order valence-corrected chi connectivity index (χ4v) is 6.08. The highest BCUT2D eigenvalue weighted by Crippen LogP contribution is 2.28. The third-order valence-corrected chi connectivity index (χ3v) is 8.36. The fraction of sp³-hybridized carbons (Fsp3) is 0.375. The monoisotopic (exact) mass is 579 g/mol. The minimum Gasteiger partial charge on any atom is -0.481 e. The number of nitro groups is 1. The average Bonchev–Trinajstić information content (AvgIpc) is 3.39. The van der Waals surface area contributed by atoms with Gasteiger partial charge in [-0.2, -0.15) is 4.31 Å². The zero-order valence-corrected chi connectivity index (χ0v) is 21.8. The van der Waals surface area contributed by atoms with Gasteiger partial charge in [0, 0.05) is 38.3 Å². The van der Waals surface area contributed by atoms with Gasteiger partial charge in [-0.05, 0) is 29.8 Å². The quantitative estimate of drug-likeness (QED) is 0.343. The molecule has 2 aliphatic rings. The van der Waals surface area contributed by atoms with Gasteiger partial charge in [-0.1, -0.05) is 12.1 Å². The number of halogens is 1. The van der Waals surface area contributed by atoms with E-state index in [1.165, 1.54) is 23.1 Å². The lowest BCUT2D eigenvalue weighted by Crippen LogP contribution is -2.57. The molecule has 0 saturated carbocycles. The number of hydrogen-bond donors (Lipinski definition) is 2. The van der Waals surface area contributed by atoms with Crippen molar-refractivity contribution in [1.29, 1.82) is 0 Å². The Balaban J connectivity index is 1.70. The molecule has 2 aliphatic heterocycles. The van der Waals surface area contributed by atoms with Gasteiger partial charge < -0.3 is 20.1 Å². The van der Waals surface area contributed by atoms with E-state index in [-0.39, 0.29) is 55.5 Å². The minimum atomic E-state index is -4.43. The van der Waals surface area contributed by atoms with Crippen molar-refractivity contribution in [3.63, 3.8) is 0 Å². The molecule has 2 fully saturated rings. The standard InChI is InChI=1S/C24H26FN5O9S/c25-17-4-6-19(7-5-17)40(37,38)29-9-8-28(24(34)27-10-12-39-13-11-27)23(29)22(33)26-20(15-21(31)32)16-2-1-3-18(14-16)30(35)36/h1-7,14,20,23H,8-13,15H2,(H,26,33)(H,31,32). The second kappa shape index (κ2) is 11.9. The van der Waals surface area contributed by atoms with Gasteiger partial charge in [-0.25, -0.2) is 17.6 Å². The number of hydrogen-bond acceptors (Lipinski definition) is 8. The summed E-state index contributed by atoms with van der Waals surface area (Å²) in [6.45, 7) is 0.500. The molecule has 0 radical (unpaired) electrons. The second-order valence-corrected chi connectivity index (χ2v) is 10.9. The molecule has 2 heterocycles. The number of urea groups is 1. The molecule has 214 valence electrons. The number of carboxylic acid groups (broad SMARTS) is 1. The molecule has 2 N–H and O–H groups in total. The number of carbonyl (C=O) groups is 3. The average molecular weight is 580 g/mol. The first kappa shape index (κ1) is 28.8. The van der Waals surface area contributed by atoms with Gasteiger partial charge in [0.1, 0.15) is 5.82 Å². The van der Waals surface area contributed by atoms with E-state index < -0.39 is 57.3 Å². The van der Waals surface area contributed by atoms with E-state index in [1.807, 2.05) is 0 Å². The summed E-state index contributed by atoms with van der Waals surface area (Å²) in [7, 11) is -4.43. The highest BCUT2D eigenvalue weighted by molar-refractivity contribution is 7.89. The van der Waals surface area contributed by atoms with E-state index in [2.05, 4.69) is 5.32 Å². The summed E-state index contributed by atoms with van der Waals surface area (Å²) in [4.78, 5) is 51.5. The molecule has 4 rings (SSSR count). The summed E-state index contributed by atoms with van der Waals surface area (Å²) in [5.74, 6) is -3.02. The molecule has 2 aromatic rings. The van der Waals surface area contributed by atoms with Gasteiger partial charge in [0.25, 0.3) is 11.6 Å². The largest absolute Gasteiger partial charge is 0.481 e. The van der Waals surface area contributed by atoms with E-state index in [9.17, 15) is 42.4 Å². The normalized spacial score (nSPS) is 18.8. The third-order valence-electron chi connectivity index (χ3n) is 6.49. The van der Waals surface area contributed by atoms with E-state index in [4.69, 9.17) is 4.74 Å². The number of carboxylic acids is 1. The lowest BCUT2D eigenvalue weighted by Gasteiger charge is -2.35. The number of rotatable bonds is 8. The van der Waals surface area contributed by atoms with Crippen molar-refractivity contribution in [2.24, 2.45) is 0 Å². The number of sulfonamides is 1. The highest BCUT2D eigenvalue weighted by atomic mass is 32.2. The third kappa shape index (κ3) is 6.19. The van der Waals surface area contributed by atoms with Crippen molar-refractivity contribution in [1.82, 2.24) is 19.4 Å². The number of nitro benzene ring substituents is 1. The Morgan fingerprint density at radius 1 is 1.10 bits per heavy atom. The number of amides is 3. The first-order chi connectivity index (χ1) is 19.0. The summed E-state index contributed by atoms with van der Waals surface area (Å²) in [5, 5.41) is 23.2. The maximum Gasteiger partial charge on any atom is 0.321 e. The van der Waals surface area contributed by atoms with Crippen LogP contribution >= 0.6 is 0 Å². The predicted molar refractivity (Wildman–Crippen MR) is 135 cm³/mol.